The monoisotopic (exact) mass is 829 g/mol. The second kappa shape index (κ2) is 40.5. The zero-order valence-electron chi connectivity index (χ0n) is 21.4. The standard InChI is InChI=1S/6C5H4N.Os.H4P2.Rh/c6*1-2-4-6-5-3-1;;1-2;/h6*1-4H;;1-2H2;/q6*-1;+6;;. The van der Waals surface area contributed by atoms with E-state index >= 15 is 0 Å². The maximum Gasteiger partial charge on any atom is 6.00 e. The van der Waals surface area contributed by atoms with Gasteiger partial charge in [0.2, 0.25) is 0 Å². The van der Waals surface area contributed by atoms with Crippen LogP contribution in [0.25, 0.3) is 0 Å². The molecule has 0 bridgehead atoms. The molecule has 0 aliphatic rings. The van der Waals surface area contributed by atoms with E-state index in [1.54, 1.807) is 73.6 Å². The van der Waals surface area contributed by atoms with E-state index in [0.29, 0.717) is 0 Å². The zero-order valence-corrected chi connectivity index (χ0v) is 27.9. The molecule has 0 aliphatic heterocycles. The third-order valence-electron chi connectivity index (χ3n) is 3.10. The van der Waals surface area contributed by atoms with E-state index in [1.807, 2.05) is 72.8 Å². The molecule has 0 spiro atoms. The Labute approximate surface area is 269 Å². The first kappa shape index (κ1) is 41.5. The molecule has 205 valence electrons. The van der Waals surface area contributed by atoms with Crippen molar-refractivity contribution in [2.45, 2.75) is 0 Å². The van der Waals surface area contributed by atoms with Gasteiger partial charge < -0.3 is 29.9 Å². The van der Waals surface area contributed by atoms with Gasteiger partial charge >= 0.3 is 19.8 Å². The van der Waals surface area contributed by atoms with Gasteiger partial charge in [-0.25, -0.2) is 0 Å². The van der Waals surface area contributed by atoms with Gasteiger partial charge in [0.05, 0.1) is 0 Å². The van der Waals surface area contributed by atoms with Crippen LogP contribution in [-0.2, 0) is 39.3 Å². The molecule has 10 heteroatoms. The van der Waals surface area contributed by atoms with Crippen LogP contribution < -0.4 is 0 Å². The maximum atomic E-state index is 3.66. The van der Waals surface area contributed by atoms with Gasteiger partial charge in [0.25, 0.3) is 0 Å². The van der Waals surface area contributed by atoms with Crippen LogP contribution in [0.4, 0.5) is 0 Å². The summed E-state index contributed by atoms with van der Waals surface area (Å²) in [5.74, 6) is 0. The Kier molecular flexibility index (Phi) is 42.0. The first-order chi connectivity index (χ1) is 19.0. The quantitative estimate of drug-likeness (QED) is 0.107. The molecule has 6 aromatic heterocycles. The van der Waals surface area contributed by atoms with Crippen LogP contribution in [0.3, 0.4) is 0 Å². The van der Waals surface area contributed by atoms with Gasteiger partial charge in [0.1, 0.15) is 0 Å². The van der Waals surface area contributed by atoms with E-state index in [0.717, 1.165) is 0 Å². The first-order valence-corrected chi connectivity index (χ1v) is 13.6. The number of rotatable bonds is 0. The molecule has 0 saturated heterocycles. The van der Waals surface area contributed by atoms with Crippen molar-refractivity contribution in [3.63, 3.8) is 0 Å². The van der Waals surface area contributed by atoms with Gasteiger partial charge in [-0.15, -0.1) is 17.9 Å². The molecule has 6 heterocycles. The molecular weight excluding hydrogens is 799 g/mol. The van der Waals surface area contributed by atoms with Crippen molar-refractivity contribution in [3.05, 3.63) is 184 Å². The first-order valence-electron chi connectivity index (χ1n) is 11.0. The third-order valence-corrected chi connectivity index (χ3v) is 3.10. The van der Waals surface area contributed by atoms with Crippen LogP contribution in [-0.4, -0.2) is 29.9 Å². The summed E-state index contributed by atoms with van der Waals surface area (Å²) in [5, 5.41) is 0. The van der Waals surface area contributed by atoms with E-state index in [4.69, 9.17) is 0 Å². The number of hydrogen-bond acceptors (Lipinski definition) is 6. The summed E-state index contributed by atoms with van der Waals surface area (Å²) >= 11 is 0. The molecule has 40 heavy (non-hydrogen) atoms. The predicted octanol–water partition coefficient (Wildman–Crippen LogP) is 5.94. The van der Waals surface area contributed by atoms with E-state index < -0.39 is 0 Å². The summed E-state index contributed by atoms with van der Waals surface area (Å²) in [5.41, 5.74) is 0. The zero-order chi connectivity index (χ0) is 27.5. The molecule has 1 radical (unpaired) electrons. The number of aromatic nitrogens is 6. The summed E-state index contributed by atoms with van der Waals surface area (Å²) in [6.07, 6.45) is 26.0. The van der Waals surface area contributed by atoms with Gasteiger partial charge in [-0.05, 0) is 0 Å². The Hall–Kier alpha value is -2.98. The van der Waals surface area contributed by atoms with Crippen LogP contribution >= 0.6 is 17.9 Å². The Morgan fingerprint density at radius 1 is 0.300 bits per heavy atom. The second-order valence-corrected chi connectivity index (χ2v) is 5.75. The van der Waals surface area contributed by atoms with Crippen molar-refractivity contribution in [2.24, 2.45) is 0 Å². The van der Waals surface area contributed by atoms with Crippen molar-refractivity contribution in [2.75, 3.05) is 0 Å². The molecule has 0 aliphatic carbocycles. The Bertz CT molecular complexity index is 724. The van der Waals surface area contributed by atoms with Crippen LogP contribution in [0.1, 0.15) is 0 Å². The molecular formula is C30H28N6OsP2Rh. The van der Waals surface area contributed by atoms with Crippen molar-refractivity contribution < 1.29 is 39.3 Å². The molecule has 2 atom stereocenters. The summed E-state index contributed by atoms with van der Waals surface area (Å²) in [7, 11) is 4.67. The van der Waals surface area contributed by atoms with E-state index in [-0.39, 0.29) is 39.3 Å². The molecule has 0 saturated carbocycles. The molecule has 0 fully saturated rings. The summed E-state index contributed by atoms with van der Waals surface area (Å²) < 4.78 is 0. The topological polar surface area (TPSA) is 77.3 Å². The fourth-order valence-electron chi connectivity index (χ4n) is 1.66. The van der Waals surface area contributed by atoms with Crippen LogP contribution in [0.5, 0.6) is 0 Å². The molecule has 6 aromatic rings. The smallest absolute Gasteiger partial charge is 0.394 e. The van der Waals surface area contributed by atoms with Crippen LogP contribution in [0.2, 0.25) is 0 Å². The van der Waals surface area contributed by atoms with Crippen molar-refractivity contribution in [1.82, 2.24) is 29.9 Å². The number of nitrogens with zero attached hydrogens (tertiary/aromatic N) is 6. The normalized spacial score (nSPS) is 7.35. The molecule has 0 amide bonds. The van der Waals surface area contributed by atoms with Crippen LogP contribution in [0.15, 0.2) is 146 Å². The Morgan fingerprint density at radius 3 is 0.475 bits per heavy atom. The number of pyridine rings is 6. The fourth-order valence-corrected chi connectivity index (χ4v) is 1.66. The third kappa shape index (κ3) is 37.2. The summed E-state index contributed by atoms with van der Waals surface area (Å²) in [6, 6.07) is 33.0. The largest absolute Gasteiger partial charge is 6.00 e. The van der Waals surface area contributed by atoms with Gasteiger partial charge in [-0.2, -0.15) is 109 Å². The predicted molar refractivity (Wildman–Crippen MR) is 158 cm³/mol. The Morgan fingerprint density at radius 2 is 0.450 bits per heavy atom. The maximum absolute atomic E-state index is 3.66. The van der Waals surface area contributed by atoms with Gasteiger partial charge in [0.15, 0.2) is 0 Å². The van der Waals surface area contributed by atoms with Crippen molar-refractivity contribution in [1.29, 1.82) is 0 Å². The molecule has 0 aromatic carbocycles. The second-order valence-electron chi connectivity index (χ2n) is 5.75. The van der Waals surface area contributed by atoms with Crippen molar-refractivity contribution >= 4 is 17.9 Å². The molecule has 6 rings (SSSR count). The van der Waals surface area contributed by atoms with Gasteiger partial charge in [-0.3, -0.25) is 0 Å². The van der Waals surface area contributed by atoms with E-state index in [1.165, 1.54) is 0 Å². The van der Waals surface area contributed by atoms with E-state index in [2.05, 4.69) is 84.9 Å². The van der Waals surface area contributed by atoms with Crippen LogP contribution in [0, 0.1) is 37.2 Å². The Balaban J connectivity index is -0.000000402. The van der Waals surface area contributed by atoms with Gasteiger partial charge in [0, 0.05) is 19.5 Å². The van der Waals surface area contributed by atoms with Gasteiger partial charge in [-0.1, -0.05) is 74.4 Å². The minimum Gasteiger partial charge on any atom is -0.394 e. The SMILES string of the molecule is PP.[Os+6].[Rh].[c-]1ccccn1.[c-]1ccccn1.[c-]1ccccn1.[c-]1ccccn1.[c-]1ccccn1.[c-]1ccccn1. The molecule has 0 N–H and O–H groups in total. The minimum atomic E-state index is 0. The molecule has 6 nitrogen and oxygen atoms in total. The average Bonchev–Trinajstić information content (AvgIpc) is 3.08. The fraction of sp³-hybridized carbons (Fsp3) is 0. The number of hydrogen-bond donors (Lipinski definition) is 0. The van der Waals surface area contributed by atoms with Crippen molar-refractivity contribution in [3.8, 4) is 0 Å². The van der Waals surface area contributed by atoms with E-state index in [9.17, 15) is 0 Å². The molecule has 2 unspecified atom stereocenters. The summed E-state index contributed by atoms with van der Waals surface area (Å²) in [4.78, 5) is 22.0. The summed E-state index contributed by atoms with van der Waals surface area (Å²) in [6.45, 7) is 0. The average molecular weight is 828 g/mol. The minimum absolute atomic E-state index is 0.